The van der Waals surface area contributed by atoms with Crippen molar-refractivity contribution in [3.63, 3.8) is 0 Å². The number of nitrogens with zero attached hydrogens (tertiary/aromatic N) is 2. The van der Waals surface area contributed by atoms with Gasteiger partial charge in [-0.3, -0.25) is 34.2 Å². The molecule has 3 aromatic rings. The highest BCUT2D eigenvalue weighted by Gasteiger charge is 2.38. The first-order valence-corrected chi connectivity index (χ1v) is 17.3. The lowest BCUT2D eigenvalue weighted by atomic mass is 9.95. The van der Waals surface area contributed by atoms with Crippen molar-refractivity contribution >= 4 is 29.4 Å². The standard InChI is InChI=1S/C38H48N6O10/c1-21(2)15-25(39)35(45)40-27-17-23-13-14-29(28(18-23)44(49)50)54-31-20-24(19-30(51-5)34(31)52-6)32(33(43(3)4)38(48)53-7)42-37(47)26(41-36(27)46)16-22-11-9-8-10-12-22/h8-14,18-21,25-27,32-33H,15-17,39H2,1-7H3,(H,40,45)(H,41,46)(H,42,47)/t25-,26+,27-,32?,33-/m1/s1. The third-order valence-electron chi connectivity index (χ3n) is 8.93. The summed E-state index contributed by atoms with van der Waals surface area (Å²) in [5.41, 5.74) is 7.03. The van der Waals surface area contributed by atoms with Crippen LogP contribution in [-0.4, -0.2) is 93.1 Å². The number of nitrogens with one attached hydrogen (secondary N) is 3. The number of nitrogens with two attached hydrogens (primary N) is 1. The van der Waals surface area contributed by atoms with Crippen molar-refractivity contribution in [2.75, 3.05) is 35.4 Å². The van der Waals surface area contributed by atoms with Crippen LogP contribution in [0.5, 0.6) is 23.0 Å². The molecule has 54 heavy (non-hydrogen) atoms. The Morgan fingerprint density at radius 3 is 2.30 bits per heavy atom. The number of benzene rings is 3. The number of amides is 3. The fourth-order valence-electron chi connectivity index (χ4n) is 6.28. The van der Waals surface area contributed by atoms with Crippen molar-refractivity contribution in [3.05, 3.63) is 87.5 Å². The highest BCUT2D eigenvalue weighted by atomic mass is 16.6. The monoisotopic (exact) mass is 748 g/mol. The van der Waals surface area contributed by atoms with Gasteiger partial charge in [0.2, 0.25) is 29.2 Å². The van der Waals surface area contributed by atoms with Crippen molar-refractivity contribution in [3.8, 4) is 23.0 Å². The Bertz CT molecular complexity index is 1840. The second-order valence-electron chi connectivity index (χ2n) is 13.6. The van der Waals surface area contributed by atoms with E-state index in [2.05, 4.69) is 16.0 Å². The molecule has 2 aliphatic rings. The molecule has 5 rings (SSSR count). The van der Waals surface area contributed by atoms with Crippen molar-refractivity contribution in [1.82, 2.24) is 20.9 Å². The molecule has 0 aliphatic carbocycles. The lowest BCUT2D eigenvalue weighted by molar-refractivity contribution is -0.385. The summed E-state index contributed by atoms with van der Waals surface area (Å²) in [6.45, 7) is 3.80. The van der Waals surface area contributed by atoms with Gasteiger partial charge >= 0.3 is 11.7 Å². The molecule has 2 aliphatic heterocycles. The number of esters is 1. The van der Waals surface area contributed by atoms with Gasteiger partial charge in [-0.25, -0.2) is 0 Å². The number of carbonyl (C=O) groups excluding carboxylic acids is 4. The topological polar surface area (TPSA) is 214 Å². The number of carbonyl (C=O) groups is 4. The van der Waals surface area contributed by atoms with E-state index in [1.54, 1.807) is 43.3 Å². The maximum absolute atomic E-state index is 14.5. The molecule has 1 unspecified atom stereocenters. The first-order valence-electron chi connectivity index (χ1n) is 17.3. The average Bonchev–Trinajstić information content (AvgIpc) is 3.13. The fourth-order valence-corrected chi connectivity index (χ4v) is 6.28. The minimum atomic E-state index is -1.31. The van der Waals surface area contributed by atoms with Gasteiger partial charge in [0.15, 0.2) is 11.5 Å². The molecule has 0 radical (unpaired) electrons. The molecule has 16 heteroatoms. The molecule has 0 fully saturated rings. The van der Waals surface area contributed by atoms with Crippen LogP contribution in [0.1, 0.15) is 43.0 Å². The molecule has 5 N–H and O–H groups in total. The molecule has 4 bridgehead atoms. The number of methoxy groups -OCH3 is 3. The normalized spacial score (nSPS) is 18.5. The summed E-state index contributed by atoms with van der Waals surface area (Å²) in [6, 6.07) is 10.3. The molecule has 290 valence electrons. The van der Waals surface area contributed by atoms with Gasteiger partial charge in [-0.05, 0) is 61.3 Å². The lowest BCUT2D eigenvalue weighted by Crippen LogP contribution is -2.58. The first kappa shape index (κ1) is 41.0. The van der Waals surface area contributed by atoms with Crippen molar-refractivity contribution in [2.24, 2.45) is 11.7 Å². The van der Waals surface area contributed by atoms with Crippen LogP contribution in [0.2, 0.25) is 0 Å². The predicted octanol–water partition coefficient (Wildman–Crippen LogP) is 2.81. The Balaban J connectivity index is 1.98. The van der Waals surface area contributed by atoms with E-state index in [1.807, 2.05) is 19.9 Å². The van der Waals surface area contributed by atoms with Crippen molar-refractivity contribution < 1.29 is 43.0 Å². The predicted molar refractivity (Wildman–Crippen MR) is 198 cm³/mol. The van der Waals surface area contributed by atoms with E-state index in [1.165, 1.54) is 51.7 Å². The number of likely N-dealkylation sites (N-methyl/N-ethyl adjacent to an activating group) is 1. The van der Waals surface area contributed by atoms with Crippen molar-refractivity contribution in [1.29, 1.82) is 0 Å². The van der Waals surface area contributed by atoms with E-state index in [4.69, 9.17) is 24.7 Å². The van der Waals surface area contributed by atoms with E-state index in [9.17, 15) is 29.3 Å². The van der Waals surface area contributed by atoms with Gasteiger partial charge in [0.1, 0.15) is 18.1 Å². The van der Waals surface area contributed by atoms with E-state index in [-0.39, 0.29) is 47.3 Å². The largest absolute Gasteiger partial charge is 0.493 e. The molecule has 16 nitrogen and oxygen atoms in total. The van der Waals surface area contributed by atoms with Crippen LogP contribution in [0.4, 0.5) is 5.69 Å². The molecule has 0 saturated heterocycles. The Hall–Kier alpha value is -5.74. The first-order chi connectivity index (χ1) is 25.7. The highest BCUT2D eigenvalue weighted by Crippen LogP contribution is 2.44. The van der Waals surface area contributed by atoms with Gasteiger partial charge in [-0.1, -0.05) is 50.2 Å². The third kappa shape index (κ3) is 10.0. The van der Waals surface area contributed by atoms with Gasteiger partial charge in [0.05, 0.1) is 38.3 Å². The number of nitro benzene ring substituents is 1. The Morgan fingerprint density at radius 2 is 1.70 bits per heavy atom. The van der Waals surface area contributed by atoms with E-state index < -0.39 is 64.5 Å². The molecule has 2 heterocycles. The van der Waals surface area contributed by atoms with E-state index in [0.29, 0.717) is 17.5 Å². The van der Waals surface area contributed by atoms with Gasteiger partial charge in [-0.2, -0.15) is 0 Å². The number of hydrogen-bond donors (Lipinski definition) is 4. The number of rotatable bonds is 12. The quantitative estimate of drug-likeness (QED) is 0.120. The van der Waals surface area contributed by atoms with E-state index >= 15 is 0 Å². The van der Waals surface area contributed by atoms with Crippen LogP contribution < -0.4 is 35.9 Å². The van der Waals surface area contributed by atoms with Crippen LogP contribution in [0.25, 0.3) is 0 Å². The van der Waals surface area contributed by atoms with Crippen LogP contribution in [-0.2, 0) is 36.8 Å². The van der Waals surface area contributed by atoms with Crippen LogP contribution >= 0.6 is 0 Å². The van der Waals surface area contributed by atoms with Gasteiger partial charge in [0, 0.05) is 18.9 Å². The number of fused-ring (bicyclic) bond motifs is 9. The van der Waals surface area contributed by atoms with Crippen LogP contribution in [0.3, 0.4) is 0 Å². The van der Waals surface area contributed by atoms with Crippen LogP contribution in [0, 0.1) is 16.0 Å². The Kier molecular flexibility index (Phi) is 13.9. The number of hydrogen-bond acceptors (Lipinski definition) is 12. The summed E-state index contributed by atoms with van der Waals surface area (Å²) < 4.78 is 22.5. The average molecular weight is 749 g/mol. The number of nitro groups is 1. The SMILES string of the molecule is COC(=O)[C@@H](C1NC(=O)[C@H](Cc2ccccc2)NC(=O)[C@H](NC(=O)[C@H](N)CC(C)C)Cc2ccc(c([N+](=O)[O-])c2)Oc2cc1cc(OC)c2OC)N(C)C. The summed E-state index contributed by atoms with van der Waals surface area (Å²) in [4.78, 5) is 68.7. The second-order valence-corrected chi connectivity index (χ2v) is 13.6. The summed E-state index contributed by atoms with van der Waals surface area (Å²) in [5.74, 6) is -2.63. The molecule has 3 amide bonds. The minimum absolute atomic E-state index is 0.0178. The Morgan fingerprint density at radius 1 is 1.00 bits per heavy atom. The number of ether oxygens (including phenoxy) is 4. The smallest absolute Gasteiger partial charge is 0.325 e. The third-order valence-corrected chi connectivity index (χ3v) is 8.93. The molecular weight excluding hydrogens is 700 g/mol. The summed E-state index contributed by atoms with van der Waals surface area (Å²) in [7, 11) is 7.19. The highest BCUT2D eigenvalue weighted by molar-refractivity contribution is 5.94. The zero-order valence-corrected chi connectivity index (χ0v) is 31.4. The van der Waals surface area contributed by atoms with Gasteiger partial charge < -0.3 is 40.6 Å². The lowest BCUT2D eigenvalue weighted by Gasteiger charge is -2.33. The summed E-state index contributed by atoms with van der Waals surface area (Å²) in [5, 5.41) is 20.9. The molecule has 3 aromatic carbocycles. The fraction of sp³-hybridized carbons (Fsp3) is 0.421. The van der Waals surface area contributed by atoms with Crippen molar-refractivity contribution in [2.45, 2.75) is 63.3 Å². The maximum atomic E-state index is 14.5. The van der Waals surface area contributed by atoms with Crippen LogP contribution in [0.15, 0.2) is 60.7 Å². The molecule has 0 aromatic heterocycles. The Labute approximate surface area is 313 Å². The summed E-state index contributed by atoms with van der Waals surface area (Å²) >= 11 is 0. The van der Waals surface area contributed by atoms with Gasteiger partial charge in [-0.15, -0.1) is 0 Å². The summed E-state index contributed by atoms with van der Waals surface area (Å²) in [6.07, 6.45) is 0.150. The zero-order chi connectivity index (χ0) is 39.7. The maximum Gasteiger partial charge on any atom is 0.325 e. The molecular formula is C38H48N6O10. The molecule has 0 saturated carbocycles. The van der Waals surface area contributed by atoms with Gasteiger partial charge in [0.25, 0.3) is 0 Å². The molecule has 5 atom stereocenters. The molecule has 0 spiro atoms. The second kappa shape index (κ2) is 18.3. The van der Waals surface area contributed by atoms with E-state index in [0.717, 1.165) is 0 Å². The zero-order valence-electron chi connectivity index (χ0n) is 31.4. The minimum Gasteiger partial charge on any atom is -0.493 e.